The standard InChI is InChI=1S/C50H34N2S/c1-2-13-35(14-3-1)52-47-20-10-8-18-42(47)45-31-37(26-28-48(45)52)51(38-27-29-50-46(32-38)43-19-9-11-21-49(43)53-50)36-24-22-33(23-25-36)44-30-34-12-4-5-15-39(34)40-16-6-7-17-41(40)44/h2,4-32H,1,3H2. The molecular formula is C50H34N2S. The molecule has 11 rings (SSSR count). The third-order valence-electron chi connectivity index (χ3n) is 11.0. The van der Waals surface area contributed by atoms with Crippen LogP contribution in [0.3, 0.4) is 0 Å². The van der Waals surface area contributed by atoms with Gasteiger partial charge in [0, 0.05) is 53.7 Å². The molecule has 0 saturated carbocycles. The first-order valence-electron chi connectivity index (χ1n) is 18.4. The Labute approximate surface area is 311 Å². The summed E-state index contributed by atoms with van der Waals surface area (Å²) < 4.78 is 5.06. The second-order valence-electron chi connectivity index (χ2n) is 14.0. The molecule has 1 aliphatic rings. The van der Waals surface area contributed by atoms with E-state index in [1.807, 2.05) is 11.3 Å². The van der Waals surface area contributed by atoms with Crippen molar-refractivity contribution in [1.82, 2.24) is 4.57 Å². The van der Waals surface area contributed by atoms with Crippen molar-refractivity contribution in [2.75, 3.05) is 4.90 Å². The third kappa shape index (κ3) is 4.85. The highest BCUT2D eigenvalue weighted by Gasteiger charge is 2.19. The zero-order valence-electron chi connectivity index (χ0n) is 29.0. The Morgan fingerprint density at radius 1 is 0.453 bits per heavy atom. The van der Waals surface area contributed by atoms with E-state index in [-0.39, 0.29) is 0 Å². The lowest BCUT2D eigenvalue weighted by molar-refractivity contribution is 1.02. The summed E-state index contributed by atoms with van der Waals surface area (Å²) in [5.74, 6) is 0. The third-order valence-corrected chi connectivity index (χ3v) is 12.1. The number of para-hydroxylation sites is 1. The van der Waals surface area contributed by atoms with Crippen LogP contribution < -0.4 is 4.90 Å². The number of benzene rings is 8. The quantitative estimate of drug-likeness (QED) is 0.163. The number of rotatable bonds is 5. The number of allylic oxidation sites excluding steroid dienone is 4. The SMILES string of the molecule is C1=CC(n2c3ccccc3c3cc(N(c4ccc(-c5cc6ccccc6c6ccccc56)cc4)c4ccc5sc6ccccc6c5c4)ccc32)=CCC1. The van der Waals surface area contributed by atoms with E-state index in [0.717, 1.165) is 29.9 Å². The molecule has 2 heterocycles. The molecule has 0 bridgehead atoms. The lowest BCUT2D eigenvalue weighted by Crippen LogP contribution is -2.10. The molecule has 2 aromatic heterocycles. The van der Waals surface area contributed by atoms with E-state index >= 15 is 0 Å². The molecule has 0 radical (unpaired) electrons. The van der Waals surface area contributed by atoms with Gasteiger partial charge in [0.2, 0.25) is 0 Å². The van der Waals surface area contributed by atoms with Crippen molar-refractivity contribution in [2.24, 2.45) is 0 Å². The highest BCUT2D eigenvalue weighted by molar-refractivity contribution is 7.25. The Kier molecular flexibility index (Phi) is 6.89. The van der Waals surface area contributed by atoms with Crippen LogP contribution in [0.1, 0.15) is 12.8 Å². The zero-order valence-corrected chi connectivity index (χ0v) is 29.9. The second kappa shape index (κ2) is 12.1. The first kappa shape index (κ1) is 30.2. The molecule has 0 saturated heterocycles. The van der Waals surface area contributed by atoms with Crippen LogP contribution in [0, 0.1) is 0 Å². The van der Waals surface area contributed by atoms with Crippen LogP contribution in [0.2, 0.25) is 0 Å². The van der Waals surface area contributed by atoms with E-state index in [1.54, 1.807) is 0 Å². The van der Waals surface area contributed by atoms with Gasteiger partial charge in [0.25, 0.3) is 0 Å². The van der Waals surface area contributed by atoms with Gasteiger partial charge >= 0.3 is 0 Å². The molecule has 0 atom stereocenters. The molecule has 0 aliphatic heterocycles. The van der Waals surface area contributed by atoms with Crippen LogP contribution in [0.15, 0.2) is 182 Å². The summed E-state index contributed by atoms with van der Waals surface area (Å²) in [5.41, 5.74) is 9.58. The highest BCUT2D eigenvalue weighted by atomic mass is 32.1. The predicted molar refractivity (Wildman–Crippen MR) is 230 cm³/mol. The number of nitrogens with zero attached hydrogens (tertiary/aromatic N) is 2. The molecule has 10 aromatic rings. The topological polar surface area (TPSA) is 8.17 Å². The van der Waals surface area contributed by atoms with Gasteiger partial charge in [0.05, 0.1) is 11.0 Å². The molecule has 0 spiro atoms. The van der Waals surface area contributed by atoms with Gasteiger partial charge in [-0.15, -0.1) is 11.3 Å². The molecule has 8 aromatic carbocycles. The first-order chi connectivity index (χ1) is 26.3. The van der Waals surface area contributed by atoms with Crippen molar-refractivity contribution in [3.8, 4) is 11.1 Å². The maximum atomic E-state index is 2.43. The van der Waals surface area contributed by atoms with Crippen LogP contribution in [-0.2, 0) is 0 Å². The average molecular weight is 695 g/mol. The van der Waals surface area contributed by atoms with E-state index in [2.05, 4.69) is 191 Å². The molecule has 250 valence electrons. The van der Waals surface area contributed by atoms with E-state index in [1.165, 1.54) is 80.3 Å². The Balaban J connectivity index is 1.11. The van der Waals surface area contributed by atoms with Crippen molar-refractivity contribution in [3.05, 3.63) is 182 Å². The molecule has 3 heteroatoms. The van der Waals surface area contributed by atoms with E-state index in [4.69, 9.17) is 0 Å². The van der Waals surface area contributed by atoms with Gasteiger partial charge in [-0.3, -0.25) is 0 Å². The minimum Gasteiger partial charge on any atom is -0.310 e. The summed E-state index contributed by atoms with van der Waals surface area (Å²) in [7, 11) is 0. The van der Waals surface area contributed by atoms with E-state index in [0.29, 0.717) is 0 Å². The van der Waals surface area contributed by atoms with E-state index in [9.17, 15) is 0 Å². The van der Waals surface area contributed by atoms with Crippen molar-refractivity contribution < 1.29 is 0 Å². The molecule has 0 N–H and O–H groups in total. The Bertz CT molecular complexity index is 3120. The fourth-order valence-electron chi connectivity index (χ4n) is 8.53. The number of hydrogen-bond donors (Lipinski definition) is 0. The maximum absolute atomic E-state index is 2.43. The number of anilines is 3. The van der Waals surface area contributed by atoms with Crippen molar-refractivity contribution in [1.29, 1.82) is 0 Å². The number of aromatic nitrogens is 1. The lowest BCUT2D eigenvalue weighted by atomic mass is 9.93. The summed E-state index contributed by atoms with van der Waals surface area (Å²) in [6, 6.07) is 60.6. The minimum absolute atomic E-state index is 1.07. The van der Waals surface area contributed by atoms with Crippen LogP contribution in [0.4, 0.5) is 17.1 Å². The number of thiophene rings is 1. The fraction of sp³-hybridized carbons (Fsp3) is 0.0400. The van der Waals surface area contributed by atoms with Crippen molar-refractivity contribution in [2.45, 2.75) is 12.8 Å². The second-order valence-corrected chi connectivity index (χ2v) is 15.1. The molecule has 0 fully saturated rings. The summed E-state index contributed by atoms with van der Waals surface area (Å²) in [4.78, 5) is 2.43. The monoisotopic (exact) mass is 694 g/mol. The fourth-order valence-corrected chi connectivity index (χ4v) is 9.61. The maximum Gasteiger partial charge on any atom is 0.0542 e. The average Bonchev–Trinajstić information content (AvgIpc) is 3.76. The van der Waals surface area contributed by atoms with Gasteiger partial charge in [0.1, 0.15) is 0 Å². The Morgan fingerprint density at radius 2 is 1.09 bits per heavy atom. The normalized spacial score (nSPS) is 13.2. The number of fused-ring (bicyclic) bond motifs is 9. The summed E-state index contributed by atoms with van der Waals surface area (Å²) in [5, 5.41) is 10.2. The van der Waals surface area contributed by atoms with Gasteiger partial charge < -0.3 is 9.47 Å². The van der Waals surface area contributed by atoms with Gasteiger partial charge in [-0.2, -0.15) is 0 Å². The molecule has 2 nitrogen and oxygen atoms in total. The Hall–Kier alpha value is -6.42. The summed E-state index contributed by atoms with van der Waals surface area (Å²) in [6.07, 6.45) is 9.10. The summed E-state index contributed by atoms with van der Waals surface area (Å²) >= 11 is 1.86. The minimum atomic E-state index is 1.07. The van der Waals surface area contributed by atoms with Gasteiger partial charge in [-0.25, -0.2) is 0 Å². The lowest BCUT2D eigenvalue weighted by Gasteiger charge is -2.26. The highest BCUT2D eigenvalue weighted by Crippen LogP contribution is 2.44. The predicted octanol–water partition coefficient (Wildman–Crippen LogP) is 14.8. The molecule has 1 aliphatic carbocycles. The van der Waals surface area contributed by atoms with Crippen LogP contribution in [-0.4, -0.2) is 4.57 Å². The van der Waals surface area contributed by atoms with E-state index < -0.39 is 0 Å². The van der Waals surface area contributed by atoms with Gasteiger partial charge in [-0.1, -0.05) is 109 Å². The zero-order chi connectivity index (χ0) is 34.9. The van der Waals surface area contributed by atoms with Crippen molar-refractivity contribution in [3.63, 3.8) is 0 Å². The number of hydrogen-bond acceptors (Lipinski definition) is 2. The smallest absolute Gasteiger partial charge is 0.0542 e. The largest absolute Gasteiger partial charge is 0.310 e. The summed E-state index contributed by atoms with van der Waals surface area (Å²) in [6.45, 7) is 0. The first-order valence-corrected chi connectivity index (χ1v) is 19.2. The van der Waals surface area contributed by atoms with Crippen LogP contribution in [0.5, 0.6) is 0 Å². The van der Waals surface area contributed by atoms with Crippen LogP contribution in [0.25, 0.3) is 80.3 Å². The molecule has 0 unspecified atom stereocenters. The van der Waals surface area contributed by atoms with Crippen LogP contribution >= 0.6 is 11.3 Å². The Morgan fingerprint density at radius 3 is 1.92 bits per heavy atom. The molecular weight excluding hydrogens is 661 g/mol. The molecule has 0 amide bonds. The van der Waals surface area contributed by atoms with Crippen molar-refractivity contribution >= 4 is 97.6 Å². The van der Waals surface area contributed by atoms with Gasteiger partial charge in [-0.05, 0) is 118 Å². The molecule has 53 heavy (non-hydrogen) atoms. The van der Waals surface area contributed by atoms with Gasteiger partial charge in [0.15, 0.2) is 0 Å².